The second-order valence-electron chi connectivity index (χ2n) is 5.50. The largest absolute Gasteiger partial charge is 0.368 e. The van der Waals surface area contributed by atoms with E-state index in [9.17, 15) is 17.6 Å². The van der Waals surface area contributed by atoms with Crippen LogP contribution in [-0.4, -0.2) is 35.3 Å². The van der Waals surface area contributed by atoms with Crippen LogP contribution in [0.3, 0.4) is 0 Å². The van der Waals surface area contributed by atoms with Crippen LogP contribution in [0, 0.1) is 5.82 Å². The first-order valence-electron chi connectivity index (χ1n) is 7.69. The number of amides is 1. The van der Waals surface area contributed by atoms with Crippen LogP contribution in [-0.2, 0) is 10.0 Å². The zero-order chi connectivity index (χ0) is 20.3. The molecule has 12 heteroatoms. The summed E-state index contributed by atoms with van der Waals surface area (Å²) in [4.78, 5) is 15.9. The Kier molecular flexibility index (Phi) is 5.15. The molecule has 0 fully saturated rings. The second-order valence-corrected chi connectivity index (χ2v) is 7.06. The summed E-state index contributed by atoms with van der Waals surface area (Å²) >= 11 is 0. The lowest BCUT2D eigenvalue weighted by Crippen LogP contribution is -2.19. The molecule has 0 aliphatic carbocycles. The normalized spacial score (nSPS) is 11.6. The molecule has 0 atom stereocenters. The lowest BCUT2D eigenvalue weighted by molar-refractivity contribution is 0.0945. The van der Waals surface area contributed by atoms with Gasteiger partial charge in [0.1, 0.15) is 5.82 Å². The van der Waals surface area contributed by atoms with Crippen molar-refractivity contribution in [3.05, 3.63) is 65.7 Å². The van der Waals surface area contributed by atoms with Gasteiger partial charge in [-0.1, -0.05) is 12.1 Å². The Morgan fingerprint density at radius 1 is 1.14 bits per heavy atom. The average molecular weight is 403 g/mol. The van der Waals surface area contributed by atoms with Crippen LogP contribution < -0.4 is 16.3 Å². The van der Waals surface area contributed by atoms with Gasteiger partial charge in [-0.25, -0.2) is 23.4 Å². The van der Waals surface area contributed by atoms with Crippen LogP contribution in [0.15, 0.2) is 58.5 Å². The number of hydrogen-bond donors (Lipinski definition) is 3. The predicted molar refractivity (Wildman–Crippen MR) is 98.6 cm³/mol. The molecule has 3 rings (SSSR count). The zero-order valence-electron chi connectivity index (χ0n) is 14.2. The molecular weight excluding hydrogens is 389 g/mol. The van der Waals surface area contributed by atoms with Gasteiger partial charge in [-0.15, -0.1) is 5.10 Å². The number of carbonyl (C=O) groups is 1. The summed E-state index contributed by atoms with van der Waals surface area (Å²) in [7, 11) is -3.83. The van der Waals surface area contributed by atoms with Gasteiger partial charge in [0.05, 0.1) is 16.8 Å². The van der Waals surface area contributed by atoms with Crippen LogP contribution in [0.4, 0.5) is 10.3 Å². The minimum absolute atomic E-state index is 0.0805. The van der Waals surface area contributed by atoms with Gasteiger partial charge in [0, 0.05) is 0 Å². The number of carbonyl (C=O) groups excluding carboxylic acids is 1. The molecule has 0 aliphatic heterocycles. The van der Waals surface area contributed by atoms with Gasteiger partial charge in [-0.2, -0.15) is 14.8 Å². The molecule has 3 aromatic rings. The molecule has 1 aromatic heterocycles. The van der Waals surface area contributed by atoms with Gasteiger partial charge in [-0.3, -0.25) is 4.79 Å². The van der Waals surface area contributed by atoms with Crippen LogP contribution in [0.5, 0.6) is 0 Å². The van der Waals surface area contributed by atoms with Crippen molar-refractivity contribution in [2.45, 2.75) is 4.90 Å². The quantitative estimate of drug-likeness (QED) is 0.413. The summed E-state index contributed by atoms with van der Waals surface area (Å²) in [5, 5.41) is 12.8. The van der Waals surface area contributed by atoms with Crippen molar-refractivity contribution in [1.29, 1.82) is 0 Å². The Labute approximate surface area is 158 Å². The van der Waals surface area contributed by atoms with Crippen molar-refractivity contribution in [1.82, 2.24) is 20.2 Å². The molecule has 0 saturated carbocycles. The maximum absolute atomic E-state index is 12.8. The first-order chi connectivity index (χ1) is 13.2. The molecule has 0 spiro atoms. The van der Waals surface area contributed by atoms with E-state index in [2.05, 4.69) is 20.6 Å². The van der Waals surface area contributed by atoms with Crippen LogP contribution >= 0.6 is 0 Å². The van der Waals surface area contributed by atoms with Crippen molar-refractivity contribution < 1.29 is 17.6 Å². The van der Waals surface area contributed by atoms with E-state index in [1.165, 1.54) is 54.7 Å². The maximum Gasteiger partial charge on any atom is 0.311 e. The summed E-state index contributed by atoms with van der Waals surface area (Å²) in [6.45, 7) is 0. The molecule has 1 heterocycles. The predicted octanol–water partition coefficient (Wildman–Crippen LogP) is 0.400. The molecule has 0 aliphatic rings. The van der Waals surface area contributed by atoms with Crippen molar-refractivity contribution in [2.24, 2.45) is 10.2 Å². The van der Waals surface area contributed by atoms with E-state index in [0.717, 1.165) is 4.68 Å². The van der Waals surface area contributed by atoms with Gasteiger partial charge in [0.2, 0.25) is 21.8 Å². The van der Waals surface area contributed by atoms with E-state index >= 15 is 0 Å². The Hall–Kier alpha value is -3.64. The Bertz CT molecular complexity index is 1140. The molecule has 0 bridgehead atoms. The highest BCUT2D eigenvalue weighted by atomic mass is 32.2. The number of anilines is 1. The van der Waals surface area contributed by atoms with Crippen molar-refractivity contribution in [3.8, 4) is 5.69 Å². The molecule has 0 saturated heterocycles. The number of rotatable bonds is 5. The van der Waals surface area contributed by atoms with Gasteiger partial charge in [-0.05, 0) is 42.0 Å². The van der Waals surface area contributed by atoms with Gasteiger partial charge in [0.15, 0.2) is 0 Å². The number of benzene rings is 2. The number of sulfonamides is 1. The van der Waals surface area contributed by atoms with Gasteiger partial charge >= 0.3 is 5.91 Å². The topological polar surface area (TPSA) is 158 Å². The van der Waals surface area contributed by atoms with Crippen LogP contribution in [0.2, 0.25) is 0 Å². The summed E-state index contributed by atoms with van der Waals surface area (Å²) in [6.07, 6.45) is 1.32. The molecule has 144 valence electrons. The van der Waals surface area contributed by atoms with E-state index in [-0.39, 0.29) is 22.5 Å². The molecular formula is C16H14FN7O3S. The first kappa shape index (κ1) is 19.1. The Morgan fingerprint density at radius 3 is 2.39 bits per heavy atom. The summed E-state index contributed by atoms with van der Waals surface area (Å²) in [6, 6.07) is 10.9. The third kappa shape index (κ3) is 4.36. The van der Waals surface area contributed by atoms with E-state index in [1.54, 1.807) is 0 Å². The van der Waals surface area contributed by atoms with Crippen molar-refractivity contribution in [3.63, 3.8) is 0 Å². The van der Waals surface area contributed by atoms with E-state index in [1.807, 2.05) is 0 Å². The number of nitrogen functional groups attached to an aromatic ring is 1. The molecule has 0 unspecified atom stereocenters. The van der Waals surface area contributed by atoms with Gasteiger partial charge < -0.3 is 5.73 Å². The summed E-state index contributed by atoms with van der Waals surface area (Å²) in [5.74, 6) is -1.44. The number of hydrogen-bond acceptors (Lipinski definition) is 7. The van der Waals surface area contributed by atoms with Crippen LogP contribution in [0.1, 0.15) is 16.2 Å². The fourth-order valence-corrected chi connectivity index (χ4v) is 2.67. The molecule has 2 aromatic carbocycles. The number of primary sulfonamides is 1. The monoisotopic (exact) mass is 403 g/mol. The van der Waals surface area contributed by atoms with E-state index in [0.29, 0.717) is 11.3 Å². The second kappa shape index (κ2) is 7.54. The molecule has 0 radical (unpaired) electrons. The van der Waals surface area contributed by atoms with Crippen molar-refractivity contribution >= 4 is 28.1 Å². The van der Waals surface area contributed by atoms with Crippen molar-refractivity contribution in [2.75, 3.05) is 5.73 Å². The fourth-order valence-electron chi connectivity index (χ4n) is 2.15. The standard InChI is InChI=1S/C16H14FN7O3S/c17-11-3-1-10(2-4-11)9-20-22-15(25)14-21-16(18)24(23-14)12-5-7-13(8-6-12)28(19,26)27/h1-9H,(H,22,25)(H2,18,21,23)(H2,19,26,27)/b20-9+. The first-order valence-corrected chi connectivity index (χ1v) is 9.23. The number of aromatic nitrogens is 3. The summed E-state index contributed by atoms with van der Waals surface area (Å²) < 4.78 is 36.6. The number of nitrogens with two attached hydrogens (primary N) is 2. The highest BCUT2D eigenvalue weighted by molar-refractivity contribution is 7.89. The van der Waals surface area contributed by atoms with Gasteiger partial charge in [0.25, 0.3) is 0 Å². The average Bonchev–Trinajstić information content (AvgIpc) is 3.04. The number of nitrogens with zero attached hydrogens (tertiary/aromatic N) is 4. The number of nitrogens with one attached hydrogen (secondary N) is 1. The molecule has 1 amide bonds. The SMILES string of the molecule is Nc1nc(C(=O)N/N=C/c2ccc(F)cc2)nn1-c1ccc(S(N)(=O)=O)cc1. The highest BCUT2D eigenvalue weighted by Gasteiger charge is 2.16. The van der Waals surface area contributed by atoms with Crippen LogP contribution in [0.25, 0.3) is 5.69 Å². The van der Waals surface area contributed by atoms with E-state index in [4.69, 9.17) is 10.9 Å². The third-order valence-electron chi connectivity index (χ3n) is 3.49. The third-order valence-corrected chi connectivity index (χ3v) is 4.42. The lowest BCUT2D eigenvalue weighted by atomic mass is 10.2. The summed E-state index contributed by atoms with van der Waals surface area (Å²) in [5.41, 5.74) is 8.95. The lowest BCUT2D eigenvalue weighted by Gasteiger charge is -2.03. The molecule has 10 nitrogen and oxygen atoms in total. The minimum Gasteiger partial charge on any atom is -0.368 e. The molecule has 5 N–H and O–H groups in total. The Balaban J connectivity index is 1.74. The highest BCUT2D eigenvalue weighted by Crippen LogP contribution is 2.15. The Morgan fingerprint density at radius 2 is 1.79 bits per heavy atom. The smallest absolute Gasteiger partial charge is 0.311 e. The minimum atomic E-state index is -3.83. The number of hydrazone groups is 1. The number of halogens is 1. The fraction of sp³-hybridized carbons (Fsp3) is 0. The maximum atomic E-state index is 12.8. The molecule has 28 heavy (non-hydrogen) atoms. The zero-order valence-corrected chi connectivity index (χ0v) is 15.0. The van der Waals surface area contributed by atoms with E-state index < -0.39 is 15.9 Å².